The summed E-state index contributed by atoms with van der Waals surface area (Å²) >= 11 is 6.02. The van der Waals surface area contributed by atoms with Gasteiger partial charge in [0, 0.05) is 24.9 Å². The standard InChI is InChI=1S/C20H34ClNO3/c1-15-9-6-7-10-16(14-21)13-17(20(2,3)4)25-18(23)11-8-12-22(5)19(15)24/h8,12,14-15,17,19,24H,6-7,9-11,13H2,1-5H3/b12-8-,16-14+/t15-,17+,19+/m0/s1. The molecule has 144 valence electrons. The van der Waals surface area contributed by atoms with Crippen LogP contribution < -0.4 is 0 Å². The monoisotopic (exact) mass is 371 g/mol. The molecule has 4 nitrogen and oxygen atoms in total. The first-order valence-electron chi connectivity index (χ1n) is 9.19. The topological polar surface area (TPSA) is 49.8 Å². The van der Waals surface area contributed by atoms with Crippen molar-refractivity contribution in [3.63, 3.8) is 0 Å². The van der Waals surface area contributed by atoms with E-state index in [0.29, 0.717) is 6.42 Å². The summed E-state index contributed by atoms with van der Waals surface area (Å²) in [6.45, 7) is 8.28. The van der Waals surface area contributed by atoms with Crippen LogP contribution in [0.1, 0.15) is 66.2 Å². The van der Waals surface area contributed by atoms with Crippen molar-refractivity contribution in [2.75, 3.05) is 7.05 Å². The lowest BCUT2D eigenvalue weighted by Crippen LogP contribution is -2.33. The van der Waals surface area contributed by atoms with Gasteiger partial charge in [0.1, 0.15) is 12.3 Å². The van der Waals surface area contributed by atoms with E-state index in [1.165, 1.54) is 0 Å². The normalized spacial score (nSPS) is 31.2. The van der Waals surface area contributed by atoms with Gasteiger partial charge in [0.15, 0.2) is 0 Å². The van der Waals surface area contributed by atoms with Crippen molar-refractivity contribution in [2.45, 2.75) is 78.6 Å². The molecule has 0 unspecified atom stereocenters. The molecular formula is C20H34ClNO3. The Hall–Kier alpha value is -1.00. The summed E-state index contributed by atoms with van der Waals surface area (Å²) in [6, 6.07) is 0. The van der Waals surface area contributed by atoms with Crippen molar-refractivity contribution < 1.29 is 14.6 Å². The van der Waals surface area contributed by atoms with E-state index in [1.807, 2.05) is 7.05 Å². The second kappa shape index (κ2) is 10.2. The van der Waals surface area contributed by atoms with E-state index in [-0.39, 0.29) is 29.8 Å². The van der Waals surface area contributed by atoms with Crippen molar-refractivity contribution in [1.29, 1.82) is 0 Å². The van der Waals surface area contributed by atoms with Gasteiger partial charge in [-0.05, 0) is 30.9 Å². The van der Waals surface area contributed by atoms with Gasteiger partial charge in [-0.15, -0.1) is 0 Å². The lowest BCUT2D eigenvalue weighted by atomic mass is 9.84. The Bertz CT molecular complexity index is 482. The molecule has 0 aromatic carbocycles. The number of cyclic esters (lactones) is 1. The minimum Gasteiger partial charge on any atom is -0.461 e. The van der Waals surface area contributed by atoms with Gasteiger partial charge < -0.3 is 14.7 Å². The van der Waals surface area contributed by atoms with Gasteiger partial charge in [-0.1, -0.05) is 57.4 Å². The Morgan fingerprint density at radius 3 is 2.64 bits per heavy atom. The smallest absolute Gasteiger partial charge is 0.309 e. The summed E-state index contributed by atoms with van der Waals surface area (Å²) in [5.74, 6) is -0.0895. The number of rotatable bonds is 0. The summed E-state index contributed by atoms with van der Waals surface area (Å²) in [6.07, 6.45) is 7.50. The van der Waals surface area contributed by atoms with Crippen LogP contribution in [0.2, 0.25) is 0 Å². The van der Waals surface area contributed by atoms with Crippen molar-refractivity contribution in [2.24, 2.45) is 11.3 Å². The molecule has 0 aromatic heterocycles. The van der Waals surface area contributed by atoms with Crippen LogP contribution in [0.4, 0.5) is 0 Å². The molecule has 0 aliphatic carbocycles. The number of halogens is 1. The average molecular weight is 372 g/mol. The largest absolute Gasteiger partial charge is 0.461 e. The highest BCUT2D eigenvalue weighted by Gasteiger charge is 2.29. The summed E-state index contributed by atoms with van der Waals surface area (Å²) in [5, 5.41) is 10.4. The number of esters is 1. The molecule has 0 fully saturated rings. The molecule has 1 aliphatic rings. The number of nitrogens with zero attached hydrogens (tertiary/aromatic N) is 1. The van der Waals surface area contributed by atoms with Crippen LogP contribution in [0.5, 0.6) is 0 Å². The number of hydrogen-bond acceptors (Lipinski definition) is 4. The maximum absolute atomic E-state index is 12.2. The first-order valence-corrected chi connectivity index (χ1v) is 9.63. The second-order valence-corrected chi connectivity index (χ2v) is 8.43. The number of carbonyl (C=O) groups excluding carboxylic acids is 1. The van der Waals surface area contributed by atoms with Crippen LogP contribution in [0, 0.1) is 11.3 Å². The molecule has 1 rings (SSSR count). The Kier molecular flexibility index (Phi) is 9.01. The third-order valence-corrected chi connectivity index (χ3v) is 5.11. The van der Waals surface area contributed by atoms with Crippen LogP contribution >= 0.6 is 11.6 Å². The summed E-state index contributed by atoms with van der Waals surface area (Å²) < 4.78 is 5.74. The van der Waals surface area contributed by atoms with Gasteiger partial charge in [0.25, 0.3) is 0 Å². The van der Waals surface area contributed by atoms with Gasteiger partial charge in [-0.25, -0.2) is 0 Å². The lowest BCUT2D eigenvalue weighted by Gasteiger charge is -2.31. The number of hydrogen-bond donors (Lipinski definition) is 1. The zero-order valence-corrected chi connectivity index (χ0v) is 17.1. The maximum atomic E-state index is 12.2. The quantitative estimate of drug-likeness (QED) is 0.620. The molecule has 0 amide bonds. The van der Waals surface area contributed by atoms with Crippen molar-refractivity contribution in [1.82, 2.24) is 4.90 Å². The molecule has 25 heavy (non-hydrogen) atoms. The van der Waals surface area contributed by atoms with Gasteiger partial charge in [-0.2, -0.15) is 0 Å². The van der Waals surface area contributed by atoms with E-state index in [1.54, 1.807) is 22.7 Å². The molecule has 0 bridgehead atoms. The summed E-state index contributed by atoms with van der Waals surface area (Å²) in [7, 11) is 1.83. The second-order valence-electron chi connectivity index (χ2n) is 8.21. The average Bonchev–Trinajstić information content (AvgIpc) is 2.53. The zero-order chi connectivity index (χ0) is 19.0. The van der Waals surface area contributed by atoms with Gasteiger partial charge in [-0.3, -0.25) is 4.79 Å². The van der Waals surface area contributed by atoms with E-state index in [0.717, 1.165) is 31.3 Å². The molecule has 5 heteroatoms. The lowest BCUT2D eigenvalue weighted by molar-refractivity contribution is -0.153. The predicted octanol–water partition coefficient (Wildman–Crippen LogP) is 4.82. The Labute approximate surface area is 157 Å². The van der Waals surface area contributed by atoms with Crippen LogP contribution in [-0.4, -0.2) is 35.4 Å². The minimum absolute atomic E-state index is 0.153. The zero-order valence-electron chi connectivity index (χ0n) is 16.3. The molecular weight excluding hydrogens is 338 g/mol. The third kappa shape index (κ3) is 7.83. The number of ether oxygens (including phenoxy) is 1. The van der Waals surface area contributed by atoms with E-state index in [4.69, 9.17) is 16.3 Å². The van der Waals surface area contributed by atoms with Gasteiger partial charge in [0.2, 0.25) is 0 Å². The SMILES string of the molecule is C[C@H]1CCCC/C(=C\Cl)C[C@H](C(C)(C)C)OC(=O)C/C=C\N(C)[C@@H]1O. The minimum atomic E-state index is -0.553. The van der Waals surface area contributed by atoms with E-state index in [2.05, 4.69) is 27.7 Å². The Balaban J connectivity index is 2.93. The molecule has 3 atom stereocenters. The highest BCUT2D eigenvalue weighted by Crippen LogP contribution is 2.30. The van der Waals surface area contributed by atoms with E-state index < -0.39 is 6.23 Å². The molecule has 0 aromatic rings. The Morgan fingerprint density at radius 1 is 1.36 bits per heavy atom. The van der Waals surface area contributed by atoms with E-state index >= 15 is 0 Å². The molecule has 1 aliphatic heterocycles. The fraction of sp³-hybridized carbons (Fsp3) is 0.750. The van der Waals surface area contributed by atoms with Crippen LogP contribution in [0.25, 0.3) is 0 Å². The van der Waals surface area contributed by atoms with Gasteiger partial charge in [0.05, 0.1) is 6.42 Å². The van der Waals surface area contributed by atoms with Crippen molar-refractivity contribution >= 4 is 17.6 Å². The fourth-order valence-corrected chi connectivity index (χ4v) is 3.14. The predicted molar refractivity (Wildman–Crippen MR) is 103 cm³/mol. The Morgan fingerprint density at radius 2 is 2.04 bits per heavy atom. The number of carbonyl (C=O) groups is 1. The highest BCUT2D eigenvalue weighted by molar-refractivity contribution is 6.25. The first-order chi connectivity index (χ1) is 11.6. The summed E-state index contributed by atoms with van der Waals surface area (Å²) in [5.41, 5.74) is 2.60. The number of aliphatic hydroxyl groups excluding tert-OH is 1. The maximum Gasteiger partial charge on any atom is 0.309 e. The van der Waals surface area contributed by atoms with Crippen LogP contribution in [-0.2, 0) is 9.53 Å². The van der Waals surface area contributed by atoms with Crippen molar-refractivity contribution in [3.05, 3.63) is 23.4 Å². The van der Waals surface area contributed by atoms with Crippen molar-refractivity contribution in [3.8, 4) is 0 Å². The molecule has 1 heterocycles. The molecule has 1 N–H and O–H groups in total. The summed E-state index contributed by atoms with van der Waals surface area (Å²) in [4.78, 5) is 14.0. The van der Waals surface area contributed by atoms with Crippen LogP contribution in [0.3, 0.4) is 0 Å². The fourth-order valence-electron chi connectivity index (χ4n) is 2.94. The third-order valence-electron chi connectivity index (χ3n) is 4.80. The van der Waals surface area contributed by atoms with Crippen LogP contribution in [0.15, 0.2) is 23.4 Å². The molecule has 0 spiro atoms. The first kappa shape index (κ1) is 22.0. The van der Waals surface area contributed by atoms with E-state index in [9.17, 15) is 9.90 Å². The molecule has 0 radical (unpaired) electrons. The highest BCUT2D eigenvalue weighted by atomic mass is 35.5. The van der Waals surface area contributed by atoms with Gasteiger partial charge >= 0.3 is 5.97 Å². The number of aliphatic hydroxyl groups is 1. The molecule has 0 saturated heterocycles. The molecule has 0 saturated carbocycles.